The van der Waals surface area contributed by atoms with E-state index in [4.69, 9.17) is 9.47 Å². The second-order valence-corrected chi connectivity index (χ2v) is 8.42. The molecule has 2 aromatic rings. The van der Waals surface area contributed by atoms with E-state index in [2.05, 4.69) is 10.6 Å². The van der Waals surface area contributed by atoms with Gasteiger partial charge in [-0.25, -0.2) is 4.79 Å². The predicted octanol–water partition coefficient (Wildman–Crippen LogP) is 2.79. The molecule has 0 fully saturated rings. The normalized spacial score (nSPS) is 11.4. The lowest BCUT2D eigenvalue weighted by Gasteiger charge is -2.22. The molecule has 0 saturated heterocycles. The predicted molar refractivity (Wildman–Crippen MR) is 132 cm³/mol. The Hall–Kier alpha value is -3.88. The molecule has 9 heteroatoms. The quantitative estimate of drug-likeness (QED) is 0.475. The Morgan fingerprint density at radius 3 is 2.17 bits per heavy atom. The summed E-state index contributed by atoms with van der Waals surface area (Å²) < 4.78 is 10.5. The zero-order valence-corrected chi connectivity index (χ0v) is 20.8. The highest BCUT2D eigenvalue weighted by molar-refractivity contribution is 5.97. The minimum Gasteiger partial charge on any atom is -0.494 e. The van der Waals surface area contributed by atoms with E-state index in [1.807, 2.05) is 26.0 Å². The third kappa shape index (κ3) is 8.77. The zero-order chi connectivity index (χ0) is 26.0. The number of anilines is 1. The molecule has 0 aliphatic carbocycles. The van der Waals surface area contributed by atoms with Crippen molar-refractivity contribution >= 4 is 29.4 Å². The van der Waals surface area contributed by atoms with Gasteiger partial charge < -0.3 is 25.0 Å². The van der Waals surface area contributed by atoms with Gasteiger partial charge in [0.1, 0.15) is 11.8 Å². The molecule has 9 nitrogen and oxygen atoms in total. The Balaban J connectivity index is 1.86. The monoisotopic (exact) mass is 483 g/mol. The molecule has 0 spiro atoms. The Morgan fingerprint density at radius 1 is 0.971 bits per heavy atom. The molecular formula is C26H33N3O6. The molecule has 188 valence electrons. The number of ether oxygens (including phenoxy) is 2. The number of hydrogen-bond donors (Lipinski definition) is 2. The average molecular weight is 484 g/mol. The maximum atomic E-state index is 12.6. The van der Waals surface area contributed by atoms with Crippen molar-refractivity contribution in [1.29, 1.82) is 0 Å². The summed E-state index contributed by atoms with van der Waals surface area (Å²) in [6.07, 6.45) is 0. The lowest BCUT2D eigenvalue weighted by Crippen LogP contribution is -2.46. The van der Waals surface area contributed by atoms with Gasteiger partial charge >= 0.3 is 5.97 Å². The fourth-order valence-electron chi connectivity index (χ4n) is 3.07. The highest BCUT2D eigenvalue weighted by Crippen LogP contribution is 2.13. The molecule has 35 heavy (non-hydrogen) atoms. The molecule has 1 atom stereocenters. The molecule has 3 amide bonds. The highest BCUT2D eigenvalue weighted by Gasteiger charge is 2.27. The molecule has 0 unspecified atom stereocenters. The summed E-state index contributed by atoms with van der Waals surface area (Å²) in [5.41, 5.74) is 2.05. The summed E-state index contributed by atoms with van der Waals surface area (Å²) in [6, 6.07) is 12.9. The van der Waals surface area contributed by atoms with Gasteiger partial charge in [-0.15, -0.1) is 0 Å². The summed E-state index contributed by atoms with van der Waals surface area (Å²) in [6.45, 7) is 7.08. The van der Waals surface area contributed by atoms with Crippen LogP contribution in [0.3, 0.4) is 0 Å². The van der Waals surface area contributed by atoms with Crippen LogP contribution in [0.5, 0.6) is 5.75 Å². The molecule has 2 aromatic carbocycles. The summed E-state index contributed by atoms with van der Waals surface area (Å²) >= 11 is 0. The first-order chi connectivity index (χ1) is 16.6. The number of likely N-dealkylation sites (N-methyl/N-ethyl adjacent to an activating group) is 1. The molecule has 0 bridgehead atoms. The minimum absolute atomic E-state index is 0.202. The first kappa shape index (κ1) is 27.4. The fraction of sp³-hybridized carbons (Fsp3) is 0.385. The van der Waals surface area contributed by atoms with Gasteiger partial charge in [-0.2, -0.15) is 0 Å². The fourth-order valence-corrected chi connectivity index (χ4v) is 3.07. The van der Waals surface area contributed by atoms with Crippen LogP contribution in [0.15, 0.2) is 48.5 Å². The Kier molecular flexibility index (Phi) is 10.3. The summed E-state index contributed by atoms with van der Waals surface area (Å²) in [4.78, 5) is 50.9. The highest BCUT2D eigenvalue weighted by atomic mass is 16.5. The number of nitrogens with one attached hydrogen (secondary N) is 2. The average Bonchev–Trinajstić information content (AvgIpc) is 2.82. The molecule has 0 heterocycles. The van der Waals surface area contributed by atoms with E-state index in [1.165, 1.54) is 11.9 Å². The number of aryl methyl sites for hydroxylation is 1. The van der Waals surface area contributed by atoms with Crippen molar-refractivity contribution in [2.24, 2.45) is 5.92 Å². The van der Waals surface area contributed by atoms with Crippen LogP contribution in [-0.2, 0) is 19.1 Å². The number of amides is 3. The second-order valence-electron chi connectivity index (χ2n) is 8.42. The van der Waals surface area contributed by atoms with Crippen molar-refractivity contribution < 1.29 is 28.7 Å². The molecule has 0 aromatic heterocycles. The number of esters is 1. The standard InChI is InChI=1S/C26H33N3O6/c1-6-34-21-13-9-19(10-14-21)25(32)28-24(17(2)3)26(33)35-16-23(31)29(5)15-22(30)27-20-11-7-18(4)8-12-20/h7-14,17,24H,6,15-16H2,1-5H3,(H,27,30)(H,28,32)/t24-/m0/s1. The minimum atomic E-state index is -0.947. The number of carbonyl (C=O) groups is 4. The van der Waals surface area contributed by atoms with E-state index in [0.29, 0.717) is 23.6 Å². The first-order valence-electron chi connectivity index (χ1n) is 11.4. The maximum absolute atomic E-state index is 12.6. The van der Waals surface area contributed by atoms with Gasteiger partial charge in [-0.1, -0.05) is 31.5 Å². The number of hydrogen-bond acceptors (Lipinski definition) is 6. The van der Waals surface area contributed by atoms with Crippen molar-refractivity contribution in [3.05, 3.63) is 59.7 Å². The SMILES string of the molecule is CCOc1ccc(C(=O)N[C@H](C(=O)OCC(=O)N(C)CC(=O)Nc2ccc(C)cc2)C(C)C)cc1. The van der Waals surface area contributed by atoms with Crippen LogP contribution < -0.4 is 15.4 Å². The van der Waals surface area contributed by atoms with Crippen molar-refractivity contribution in [1.82, 2.24) is 10.2 Å². The van der Waals surface area contributed by atoms with Crippen LogP contribution >= 0.6 is 0 Å². The number of nitrogens with zero attached hydrogens (tertiary/aromatic N) is 1. The molecule has 2 rings (SSSR count). The lowest BCUT2D eigenvalue weighted by atomic mass is 10.0. The summed E-state index contributed by atoms with van der Waals surface area (Å²) in [7, 11) is 1.44. The number of benzene rings is 2. The summed E-state index contributed by atoms with van der Waals surface area (Å²) in [5, 5.41) is 5.36. The second kappa shape index (κ2) is 13.1. The number of rotatable bonds is 11. The Labute approximate surface area is 205 Å². The zero-order valence-electron chi connectivity index (χ0n) is 20.8. The molecule has 0 saturated carbocycles. The smallest absolute Gasteiger partial charge is 0.329 e. The van der Waals surface area contributed by atoms with Crippen LogP contribution in [0.2, 0.25) is 0 Å². The lowest BCUT2D eigenvalue weighted by molar-refractivity contribution is -0.154. The maximum Gasteiger partial charge on any atom is 0.329 e. The summed E-state index contributed by atoms with van der Waals surface area (Å²) in [5.74, 6) is -1.73. The van der Waals surface area contributed by atoms with E-state index < -0.39 is 30.4 Å². The molecule has 0 aliphatic rings. The van der Waals surface area contributed by atoms with Gasteiger partial charge in [0.15, 0.2) is 6.61 Å². The van der Waals surface area contributed by atoms with Gasteiger partial charge in [0.2, 0.25) is 5.91 Å². The number of carbonyl (C=O) groups excluding carboxylic acids is 4. The van der Waals surface area contributed by atoms with Crippen LogP contribution in [0.4, 0.5) is 5.69 Å². The van der Waals surface area contributed by atoms with E-state index in [1.54, 1.807) is 50.2 Å². The van der Waals surface area contributed by atoms with Gasteiger partial charge in [0, 0.05) is 18.3 Å². The van der Waals surface area contributed by atoms with Gasteiger partial charge in [-0.3, -0.25) is 14.4 Å². The van der Waals surface area contributed by atoms with Crippen LogP contribution in [0.25, 0.3) is 0 Å². The van der Waals surface area contributed by atoms with Crippen LogP contribution in [-0.4, -0.2) is 61.4 Å². The van der Waals surface area contributed by atoms with Crippen LogP contribution in [0, 0.1) is 12.8 Å². The first-order valence-corrected chi connectivity index (χ1v) is 11.4. The van der Waals surface area contributed by atoms with Gasteiger partial charge in [0.25, 0.3) is 11.8 Å². The third-order valence-corrected chi connectivity index (χ3v) is 5.11. The Bertz CT molecular complexity index is 1020. The molecule has 0 radical (unpaired) electrons. The van der Waals surface area contributed by atoms with Crippen molar-refractivity contribution in [3.63, 3.8) is 0 Å². The van der Waals surface area contributed by atoms with Gasteiger partial charge in [0.05, 0.1) is 13.2 Å². The van der Waals surface area contributed by atoms with E-state index in [9.17, 15) is 19.2 Å². The van der Waals surface area contributed by atoms with E-state index >= 15 is 0 Å². The van der Waals surface area contributed by atoms with Crippen molar-refractivity contribution in [2.45, 2.75) is 33.7 Å². The van der Waals surface area contributed by atoms with E-state index in [0.717, 1.165) is 5.56 Å². The molecule has 0 aliphatic heterocycles. The van der Waals surface area contributed by atoms with Crippen molar-refractivity contribution in [2.75, 3.05) is 32.1 Å². The molecule has 2 N–H and O–H groups in total. The van der Waals surface area contributed by atoms with Crippen molar-refractivity contribution in [3.8, 4) is 5.75 Å². The third-order valence-electron chi connectivity index (χ3n) is 5.11. The van der Waals surface area contributed by atoms with Gasteiger partial charge in [-0.05, 0) is 56.2 Å². The topological polar surface area (TPSA) is 114 Å². The van der Waals surface area contributed by atoms with Crippen LogP contribution in [0.1, 0.15) is 36.7 Å². The largest absolute Gasteiger partial charge is 0.494 e. The van der Waals surface area contributed by atoms with E-state index in [-0.39, 0.29) is 18.4 Å². The Morgan fingerprint density at radius 2 is 1.60 bits per heavy atom. The molecular weight excluding hydrogens is 450 g/mol.